The molecule has 2 nitrogen and oxygen atoms in total. The maximum Gasteiger partial charge on any atom is 0.399 e. The molecule has 0 aromatic rings. The Morgan fingerprint density at radius 3 is 2.68 bits per heavy atom. The Hall–Kier alpha value is -0.180. The first-order chi connectivity index (χ1) is 10.8. The third-order valence-electron chi connectivity index (χ3n) is 6.00. The molecule has 2 unspecified atom stereocenters. The molecule has 2 atom stereocenters. The quantitative estimate of drug-likeness (QED) is 0.772. The van der Waals surface area contributed by atoms with Crippen molar-refractivity contribution in [1.82, 2.24) is 0 Å². The van der Waals surface area contributed by atoms with E-state index in [1.165, 1.54) is 94.5 Å². The standard InChI is InChI=1S/C19H33NOS/c1-2-3-4-10-15-22-18-20-19(13-8-5-9-14-19)16-11-6-7-12-17(16)21-18/h16-17H,2-15H2,1H3/p+1. The molecule has 1 heterocycles. The Balaban J connectivity index is 1.64. The topological polar surface area (TPSA) is 23.2 Å². The summed E-state index contributed by atoms with van der Waals surface area (Å²) in [6, 6.07) is 0. The Morgan fingerprint density at radius 1 is 1.05 bits per heavy atom. The summed E-state index contributed by atoms with van der Waals surface area (Å²) in [5.41, 5.74) is 0.382. The number of hydrogen-bond acceptors (Lipinski definition) is 2. The van der Waals surface area contributed by atoms with Crippen LogP contribution in [0.3, 0.4) is 0 Å². The molecule has 0 bridgehead atoms. The lowest BCUT2D eigenvalue weighted by atomic mass is 9.66. The summed E-state index contributed by atoms with van der Waals surface area (Å²) in [4.78, 5) is 3.92. The molecule has 1 N–H and O–H groups in total. The summed E-state index contributed by atoms with van der Waals surface area (Å²) in [5.74, 6) is 1.99. The molecule has 0 aromatic carbocycles. The van der Waals surface area contributed by atoms with Crippen molar-refractivity contribution < 1.29 is 9.73 Å². The van der Waals surface area contributed by atoms with Gasteiger partial charge in [-0.15, -0.1) is 0 Å². The number of unbranched alkanes of at least 4 members (excludes halogenated alkanes) is 3. The van der Waals surface area contributed by atoms with E-state index < -0.39 is 0 Å². The summed E-state index contributed by atoms with van der Waals surface area (Å²) < 4.78 is 6.39. The molecular formula is C19H34NOS+. The molecular weight excluding hydrogens is 290 g/mol. The van der Waals surface area contributed by atoms with E-state index in [1.807, 2.05) is 11.8 Å². The van der Waals surface area contributed by atoms with Crippen LogP contribution in [0.1, 0.15) is 90.4 Å². The van der Waals surface area contributed by atoms with E-state index in [0.29, 0.717) is 11.6 Å². The van der Waals surface area contributed by atoms with Crippen molar-refractivity contribution in [2.75, 3.05) is 5.75 Å². The van der Waals surface area contributed by atoms with E-state index in [4.69, 9.17) is 4.74 Å². The van der Waals surface area contributed by atoms with Crippen LogP contribution in [0.2, 0.25) is 0 Å². The van der Waals surface area contributed by atoms with Crippen molar-refractivity contribution in [3.8, 4) is 0 Å². The van der Waals surface area contributed by atoms with E-state index in [2.05, 4.69) is 11.9 Å². The number of thioether (sulfide) groups is 1. The fourth-order valence-corrected chi connectivity index (χ4v) is 5.78. The molecule has 0 amide bonds. The van der Waals surface area contributed by atoms with Gasteiger partial charge in [-0.2, -0.15) is 4.99 Å². The minimum atomic E-state index is 0.382. The van der Waals surface area contributed by atoms with Crippen LogP contribution in [0.25, 0.3) is 0 Å². The molecule has 2 aliphatic carbocycles. The minimum absolute atomic E-state index is 0.382. The fourth-order valence-electron chi connectivity index (χ4n) is 4.78. The van der Waals surface area contributed by atoms with Crippen molar-refractivity contribution in [2.45, 2.75) is 102 Å². The van der Waals surface area contributed by atoms with Crippen LogP contribution in [-0.4, -0.2) is 22.6 Å². The smallest absolute Gasteiger partial charge is 0.399 e. The van der Waals surface area contributed by atoms with Crippen LogP contribution in [0.4, 0.5) is 0 Å². The molecule has 22 heavy (non-hydrogen) atoms. The minimum Gasteiger partial charge on any atom is -0.436 e. The molecule has 3 rings (SSSR count). The molecule has 3 heteroatoms. The molecule has 2 fully saturated rings. The van der Waals surface area contributed by atoms with Crippen LogP contribution in [0.5, 0.6) is 0 Å². The van der Waals surface area contributed by atoms with E-state index in [1.54, 1.807) is 0 Å². The molecule has 2 saturated carbocycles. The first kappa shape index (κ1) is 16.7. The second-order valence-electron chi connectivity index (χ2n) is 7.59. The molecule has 0 aromatic heterocycles. The average Bonchev–Trinajstić information content (AvgIpc) is 2.56. The van der Waals surface area contributed by atoms with Gasteiger partial charge in [-0.05, 0) is 50.3 Å². The Bertz CT molecular complexity index is 376. The van der Waals surface area contributed by atoms with Gasteiger partial charge in [0.05, 0.1) is 5.92 Å². The van der Waals surface area contributed by atoms with Gasteiger partial charge in [0.15, 0.2) is 5.54 Å². The molecule has 1 spiro atoms. The normalized spacial score (nSPS) is 30.5. The predicted octanol–water partition coefficient (Wildman–Crippen LogP) is 4.03. The van der Waals surface area contributed by atoms with Crippen molar-refractivity contribution in [2.24, 2.45) is 5.92 Å². The van der Waals surface area contributed by atoms with Crippen molar-refractivity contribution in [3.63, 3.8) is 0 Å². The fraction of sp³-hybridized carbons (Fsp3) is 0.947. The summed E-state index contributed by atoms with van der Waals surface area (Å²) >= 11 is 1.95. The van der Waals surface area contributed by atoms with E-state index >= 15 is 0 Å². The van der Waals surface area contributed by atoms with Crippen molar-refractivity contribution in [3.05, 3.63) is 0 Å². The zero-order valence-corrected chi connectivity index (χ0v) is 15.2. The zero-order chi connectivity index (χ0) is 15.3. The van der Waals surface area contributed by atoms with Crippen LogP contribution in [-0.2, 0) is 4.74 Å². The summed E-state index contributed by atoms with van der Waals surface area (Å²) in [5, 5.41) is 1.17. The SMILES string of the molecule is CCCCCCSC1=[NH+]C2(CCCCC2)C2CCCCC2O1. The molecule has 1 aliphatic heterocycles. The first-order valence-electron chi connectivity index (χ1n) is 9.79. The van der Waals surface area contributed by atoms with Gasteiger partial charge in [0, 0.05) is 18.6 Å². The molecule has 126 valence electrons. The first-order valence-corrected chi connectivity index (χ1v) is 10.8. The lowest BCUT2D eigenvalue weighted by Gasteiger charge is -2.44. The van der Waals surface area contributed by atoms with Gasteiger partial charge in [-0.25, -0.2) is 0 Å². The Labute approximate surface area is 140 Å². The highest BCUT2D eigenvalue weighted by atomic mass is 32.2. The second kappa shape index (κ2) is 8.08. The lowest BCUT2D eigenvalue weighted by molar-refractivity contribution is -0.592. The molecule has 0 saturated heterocycles. The van der Waals surface area contributed by atoms with Gasteiger partial charge in [0.25, 0.3) is 0 Å². The van der Waals surface area contributed by atoms with E-state index in [-0.39, 0.29) is 0 Å². The van der Waals surface area contributed by atoms with Crippen molar-refractivity contribution in [1.29, 1.82) is 0 Å². The Morgan fingerprint density at radius 2 is 1.86 bits per heavy atom. The third kappa shape index (κ3) is 3.83. The number of rotatable bonds is 5. The maximum absolute atomic E-state index is 6.39. The molecule has 0 radical (unpaired) electrons. The van der Waals surface area contributed by atoms with Crippen molar-refractivity contribution >= 4 is 17.0 Å². The van der Waals surface area contributed by atoms with E-state index in [0.717, 1.165) is 5.92 Å². The number of ether oxygens (including phenoxy) is 1. The third-order valence-corrected chi connectivity index (χ3v) is 6.95. The number of hydrogen-bond donors (Lipinski definition) is 1. The van der Waals surface area contributed by atoms with Crippen LogP contribution in [0.15, 0.2) is 0 Å². The average molecular weight is 325 g/mol. The number of nitrogens with one attached hydrogen (secondary N) is 1. The Kier molecular flexibility index (Phi) is 6.12. The van der Waals surface area contributed by atoms with Crippen LogP contribution in [0, 0.1) is 5.92 Å². The number of fused-ring (bicyclic) bond motifs is 2. The van der Waals surface area contributed by atoms with E-state index in [9.17, 15) is 0 Å². The second-order valence-corrected chi connectivity index (χ2v) is 8.65. The van der Waals surface area contributed by atoms with Gasteiger partial charge in [-0.3, -0.25) is 0 Å². The zero-order valence-electron chi connectivity index (χ0n) is 14.4. The lowest BCUT2D eigenvalue weighted by Crippen LogP contribution is -2.93. The maximum atomic E-state index is 6.39. The monoisotopic (exact) mass is 324 g/mol. The predicted molar refractivity (Wildman–Crippen MR) is 95.2 cm³/mol. The van der Waals surface area contributed by atoms with Gasteiger partial charge in [-0.1, -0.05) is 39.0 Å². The van der Waals surface area contributed by atoms with Crippen LogP contribution < -0.4 is 4.99 Å². The highest BCUT2D eigenvalue weighted by molar-refractivity contribution is 8.13. The highest BCUT2D eigenvalue weighted by Gasteiger charge is 2.53. The summed E-state index contributed by atoms with van der Waals surface area (Å²) in [7, 11) is 0. The highest BCUT2D eigenvalue weighted by Crippen LogP contribution is 2.42. The van der Waals surface area contributed by atoms with Gasteiger partial charge in [0.2, 0.25) is 0 Å². The van der Waals surface area contributed by atoms with Gasteiger partial charge >= 0.3 is 5.23 Å². The van der Waals surface area contributed by atoms with Crippen LogP contribution >= 0.6 is 11.8 Å². The largest absolute Gasteiger partial charge is 0.436 e. The molecule has 3 aliphatic rings. The summed E-state index contributed by atoms with van der Waals surface area (Å²) in [6.07, 6.45) is 18.3. The van der Waals surface area contributed by atoms with Gasteiger partial charge < -0.3 is 4.74 Å². The van der Waals surface area contributed by atoms with Gasteiger partial charge in [0.1, 0.15) is 6.10 Å². The summed E-state index contributed by atoms with van der Waals surface area (Å²) in [6.45, 7) is 2.28.